The Morgan fingerprint density at radius 1 is 1.39 bits per heavy atom. The molecular formula is C13H21ClN2O2. The van der Waals surface area contributed by atoms with E-state index in [1.54, 1.807) is 0 Å². The summed E-state index contributed by atoms with van der Waals surface area (Å²) in [6.45, 7) is 4.80. The highest BCUT2D eigenvalue weighted by Gasteiger charge is 2.06. The predicted molar refractivity (Wildman–Crippen MR) is 75.0 cm³/mol. The van der Waals surface area contributed by atoms with Gasteiger partial charge >= 0.3 is 0 Å². The quantitative estimate of drug-likeness (QED) is 0.831. The van der Waals surface area contributed by atoms with Crippen LogP contribution in [0.1, 0.15) is 25.8 Å². The molecule has 0 saturated heterocycles. The van der Waals surface area contributed by atoms with Crippen molar-refractivity contribution in [3.8, 4) is 5.75 Å². The van der Waals surface area contributed by atoms with Crippen molar-refractivity contribution in [3.05, 3.63) is 29.8 Å². The molecule has 3 N–H and O–H groups in total. The van der Waals surface area contributed by atoms with E-state index in [0.717, 1.165) is 11.3 Å². The second-order valence-corrected chi connectivity index (χ2v) is 4.09. The Morgan fingerprint density at radius 3 is 2.67 bits per heavy atom. The van der Waals surface area contributed by atoms with E-state index >= 15 is 0 Å². The molecular weight excluding hydrogens is 252 g/mol. The number of benzene rings is 1. The average Bonchev–Trinajstić information content (AvgIpc) is 2.27. The van der Waals surface area contributed by atoms with Crippen molar-refractivity contribution in [2.45, 2.75) is 32.9 Å². The van der Waals surface area contributed by atoms with Crippen LogP contribution in [-0.2, 0) is 11.3 Å². The largest absolute Gasteiger partial charge is 0.491 e. The molecule has 0 aliphatic rings. The summed E-state index contributed by atoms with van der Waals surface area (Å²) in [5.41, 5.74) is 6.29. The van der Waals surface area contributed by atoms with Gasteiger partial charge in [-0.1, -0.05) is 18.2 Å². The van der Waals surface area contributed by atoms with Gasteiger partial charge in [-0.25, -0.2) is 0 Å². The van der Waals surface area contributed by atoms with Crippen molar-refractivity contribution in [1.82, 2.24) is 5.32 Å². The number of para-hydroxylation sites is 1. The van der Waals surface area contributed by atoms with Gasteiger partial charge in [-0.3, -0.25) is 4.79 Å². The van der Waals surface area contributed by atoms with Crippen molar-refractivity contribution in [2.75, 3.05) is 6.54 Å². The molecule has 18 heavy (non-hydrogen) atoms. The van der Waals surface area contributed by atoms with Crippen LogP contribution < -0.4 is 15.8 Å². The second kappa shape index (κ2) is 8.78. The minimum Gasteiger partial charge on any atom is -0.491 e. The summed E-state index contributed by atoms with van der Waals surface area (Å²) < 4.78 is 5.66. The number of amides is 1. The van der Waals surface area contributed by atoms with E-state index in [1.165, 1.54) is 0 Å². The van der Waals surface area contributed by atoms with Crippen LogP contribution in [0.3, 0.4) is 0 Å². The van der Waals surface area contributed by atoms with E-state index < -0.39 is 0 Å². The number of rotatable bonds is 6. The van der Waals surface area contributed by atoms with E-state index in [2.05, 4.69) is 5.32 Å². The Labute approximate surface area is 114 Å². The Bertz CT molecular complexity index is 370. The smallest absolute Gasteiger partial charge is 0.221 e. The lowest BCUT2D eigenvalue weighted by molar-refractivity contribution is -0.121. The SMILES string of the molecule is CC(C)Oc1ccccc1CNC(=O)CCN.Cl. The van der Waals surface area contributed by atoms with Crippen LogP contribution in [0, 0.1) is 0 Å². The molecule has 4 nitrogen and oxygen atoms in total. The molecule has 0 unspecified atom stereocenters. The molecule has 0 bridgehead atoms. The number of ether oxygens (including phenoxy) is 1. The molecule has 0 aliphatic carbocycles. The van der Waals surface area contributed by atoms with Gasteiger partial charge < -0.3 is 15.8 Å². The lowest BCUT2D eigenvalue weighted by atomic mass is 10.2. The second-order valence-electron chi connectivity index (χ2n) is 4.09. The number of hydrogen-bond donors (Lipinski definition) is 2. The van der Waals surface area contributed by atoms with Crippen molar-refractivity contribution < 1.29 is 9.53 Å². The highest BCUT2D eigenvalue weighted by molar-refractivity contribution is 5.85. The molecule has 102 valence electrons. The zero-order valence-corrected chi connectivity index (χ0v) is 11.6. The van der Waals surface area contributed by atoms with Gasteiger partial charge in [0.05, 0.1) is 6.10 Å². The van der Waals surface area contributed by atoms with E-state index in [9.17, 15) is 4.79 Å². The fourth-order valence-electron chi connectivity index (χ4n) is 1.43. The molecule has 0 atom stereocenters. The number of carbonyl (C=O) groups is 1. The molecule has 0 fully saturated rings. The van der Waals surface area contributed by atoms with Crippen molar-refractivity contribution >= 4 is 18.3 Å². The number of halogens is 1. The van der Waals surface area contributed by atoms with E-state index in [1.807, 2.05) is 38.1 Å². The average molecular weight is 273 g/mol. The molecule has 0 aliphatic heterocycles. The van der Waals surface area contributed by atoms with Gasteiger partial charge in [0.15, 0.2) is 0 Å². The Kier molecular flexibility index (Phi) is 8.16. The van der Waals surface area contributed by atoms with E-state index in [-0.39, 0.29) is 24.4 Å². The first kappa shape index (κ1) is 16.7. The van der Waals surface area contributed by atoms with Gasteiger partial charge in [0, 0.05) is 25.1 Å². The van der Waals surface area contributed by atoms with Gasteiger partial charge in [0.25, 0.3) is 0 Å². The zero-order valence-electron chi connectivity index (χ0n) is 10.8. The Balaban J connectivity index is 0.00000289. The van der Waals surface area contributed by atoms with E-state index in [0.29, 0.717) is 19.5 Å². The summed E-state index contributed by atoms with van der Waals surface area (Å²) in [5.74, 6) is 0.780. The van der Waals surface area contributed by atoms with Gasteiger partial charge in [-0.05, 0) is 19.9 Å². The van der Waals surface area contributed by atoms with Gasteiger partial charge in [0.1, 0.15) is 5.75 Å². The standard InChI is InChI=1S/C13H20N2O2.ClH/c1-10(2)17-12-6-4-3-5-11(12)9-15-13(16)7-8-14;/h3-6,10H,7-9,14H2,1-2H3,(H,15,16);1H. The van der Waals surface area contributed by atoms with Crippen LogP contribution in [-0.4, -0.2) is 18.6 Å². The highest BCUT2D eigenvalue weighted by atomic mass is 35.5. The molecule has 0 heterocycles. The molecule has 0 aromatic heterocycles. The van der Waals surface area contributed by atoms with Crippen LogP contribution in [0.15, 0.2) is 24.3 Å². The number of nitrogens with two attached hydrogens (primary N) is 1. The summed E-state index contributed by atoms with van der Waals surface area (Å²) in [5, 5.41) is 2.81. The maximum atomic E-state index is 11.3. The highest BCUT2D eigenvalue weighted by Crippen LogP contribution is 2.18. The van der Waals surface area contributed by atoms with Crippen LogP contribution >= 0.6 is 12.4 Å². The first-order valence-corrected chi connectivity index (χ1v) is 5.84. The minimum absolute atomic E-state index is 0. The Hall–Kier alpha value is -1.26. The first-order valence-electron chi connectivity index (χ1n) is 5.84. The molecule has 1 amide bonds. The molecule has 0 spiro atoms. The maximum Gasteiger partial charge on any atom is 0.221 e. The minimum atomic E-state index is -0.0353. The third-order valence-electron chi connectivity index (χ3n) is 2.18. The van der Waals surface area contributed by atoms with Crippen LogP contribution in [0.5, 0.6) is 5.75 Å². The number of hydrogen-bond acceptors (Lipinski definition) is 3. The summed E-state index contributed by atoms with van der Waals surface area (Å²) in [7, 11) is 0. The summed E-state index contributed by atoms with van der Waals surface area (Å²) in [6.07, 6.45) is 0.476. The van der Waals surface area contributed by atoms with Crippen molar-refractivity contribution in [1.29, 1.82) is 0 Å². The molecule has 1 aromatic rings. The lowest BCUT2D eigenvalue weighted by Gasteiger charge is -2.14. The van der Waals surface area contributed by atoms with Gasteiger partial charge in [0.2, 0.25) is 5.91 Å². The third-order valence-corrected chi connectivity index (χ3v) is 2.18. The van der Waals surface area contributed by atoms with E-state index in [4.69, 9.17) is 10.5 Å². The van der Waals surface area contributed by atoms with Crippen molar-refractivity contribution in [3.63, 3.8) is 0 Å². The summed E-state index contributed by atoms with van der Waals surface area (Å²) in [4.78, 5) is 11.3. The first-order chi connectivity index (χ1) is 8.13. The van der Waals surface area contributed by atoms with Gasteiger partial charge in [-0.15, -0.1) is 12.4 Å². The normalized spacial score (nSPS) is 9.78. The predicted octanol–water partition coefficient (Wildman–Crippen LogP) is 1.86. The zero-order chi connectivity index (χ0) is 12.7. The monoisotopic (exact) mass is 272 g/mol. The fourth-order valence-corrected chi connectivity index (χ4v) is 1.43. The molecule has 0 saturated carbocycles. The molecule has 1 rings (SSSR count). The summed E-state index contributed by atoms with van der Waals surface area (Å²) >= 11 is 0. The molecule has 5 heteroatoms. The van der Waals surface area contributed by atoms with Crippen LogP contribution in [0.25, 0.3) is 0 Å². The Morgan fingerprint density at radius 2 is 2.06 bits per heavy atom. The topological polar surface area (TPSA) is 64.3 Å². The fraction of sp³-hybridized carbons (Fsp3) is 0.462. The third kappa shape index (κ3) is 5.89. The van der Waals surface area contributed by atoms with Gasteiger partial charge in [-0.2, -0.15) is 0 Å². The maximum absolute atomic E-state index is 11.3. The summed E-state index contributed by atoms with van der Waals surface area (Å²) in [6, 6.07) is 7.70. The molecule has 1 aromatic carbocycles. The van der Waals surface area contributed by atoms with Crippen LogP contribution in [0.2, 0.25) is 0 Å². The molecule has 0 radical (unpaired) electrons. The lowest BCUT2D eigenvalue weighted by Crippen LogP contribution is -2.25. The number of nitrogens with one attached hydrogen (secondary N) is 1. The van der Waals surface area contributed by atoms with Crippen molar-refractivity contribution in [2.24, 2.45) is 5.73 Å². The van der Waals surface area contributed by atoms with Crippen LogP contribution in [0.4, 0.5) is 0 Å². The number of carbonyl (C=O) groups excluding carboxylic acids is 1.